The number of carboxylic acids is 1. The van der Waals surface area contributed by atoms with E-state index in [1.54, 1.807) is 12.1 Å². The number of carbonyl (C=O) groups is 1. The first-order chi connectivity index (χ1) is 12.1. The lowest BCUT2D eigenvalue weighted by atomic mass is 9.68. The molecule has 3 nitrogen and oxygen atoms in total. The summed E-state index contributed by atoms with van der Waals surface area (Å²) >= 11 is 3.64. The van der Waals surface area contributed by atoms with Crippen LogP contribution in [0.3, 0.4) is 0 Å². The minimum absolute atomic E-state index is 0.275. The van der Waals surface area contributed by atoms with Gasteiger partial charge in [0.25, 0.3) is 0 Å². The minimum Gasteiger partial charge on any atom is -0.478 e. The third kappa shape index (κ3) is 2.34. The molecular weight excluding hydrogens is 378 g/mol. The Morgan fingerprint density at radius 3 is 2.60 bits per heavy atom. The summed E-state index contributed by atoms with van der Waals surface area (Å²) in [5, 5.41) is 12.9. The minimum atomic E-state index is -0.865. The number of nitrogens with one attached hydrogen (secondary N) is 1. The number of fused-ring (bicyclic) bond motifs is 7. The molecule has 0 radical (unpaired) electrons. The van der Waals surface area contributed by atoms with Crippen LogP contribution in [0.2, 0.25) is 0 Å². The summed E-state index contributed by atoms with van der Waals surface area (Å²) in [6.45, 7) is 0. The molecule has 0 saturated heterocycles. The fraction of sp³-hybridized carbons (Fsp3) is 0.381. The molecule has 2 aromatic carbocycles. The van der Waals surface area contributed by atoms with E-state index < -0.39 is 5.97 Å². The molecule has 0 unspecified atom stereocenters. The first-order valence-corrected chi connectivity index (χ1v) is 9.80. The molecule has 3 aliphatic rings. The van der Waals surface area contributed by atoms with Gasteiger partial charge in [0.1, 0.15) is 0 Å². The van der Waals surface area contributed by atoms with Gasteiger partial charge in [-0.1, -0.05) is 28.1 Å². The van der Waals surface area contributed by atoms with E-state index in [1.807, 2.05) is 12.1 Å². The number of aromatic carboxylic acids is 1. The summed E-state index contributed by atoms with van der Waals surface area (Å²) < 4.78 is 1.15. The molecule has 5 atom stereocenters. The summed E-state index contributed by atoms with van der Waals surface area (Å²) in [4.78, 5) is 11.2. The molecule has 2 fully saturated rings. The van der Waals surface area contributed by atoms with E-state index in [0.29, 0.717) is 17.4 Å². The van der Waals surface area contributed by atoms with Gasteiger partial charge in [-0.15, -0.1) is 0 Å². The van der Waals surface area contributed by atoms with Crippen LogP contribution in [0, 0.1) is 17.8 Å². The molecule has 2 saturated carbocycles. The van der Waals surface area contributed by atoms with Crippen molar-refractivity contribution in [3.8, 4) is 0 Å². The SMILES string of the molecule is O=C(O)c1ccc([C@@H]2Nc3ccc(Br)cc3[C@@H]3[C@H]4CC[C@@H](C4)[C@H]32)cc1. The van der Waals surface area contributed by atoms with Crippen molar-refractivity contribution in [2.75, 3.05) is 5.32 Å². The van der Waals surface area contributed by atoms with E-state index in [-0.39, 0.29) is 6.04 Å². The zero-order valence-corrected chi connectivity index (χ0v) is 15.4. The molecule has 0 spiro atoms. The van der Waals surface area contributed by atoms with E-state index in [0.717, 1.165) is 16.3 Å². The summed E-state index contributed by atoms with van der Waals surface area (Å²) in [7, 11) is 0. The van der Waals surface area contributed by atoms with Crippen LogP contribution >= 0.6 is 15.9 Å². The highest BCUT2D eigenvalue weighted by molar-refractivity contribution is 9.10. The monoisotopic (exact) mass is 397 g/mol. The second-order valence-electron chi connectivity index (χ2n) is 7.72. The Labute approximate surface area is 155 Å². The lowest BCUT2D eigenvalue weighted by molar-refractivity contribution is 0.0697. The number of hydrogen-bond donors (Lipinski definition) is 2. The van der Waals surface area contributed by atoms with Crippen LogP contribution in [-0.2, 0) is 0 Å². The van der Waals surface area contributed by atoms with Gasteiger partial charge < -0.3 is 10.4 Å². The fourth-order valence-corrected chi connectivity index (χ4v) is 6.00. The maximum Gasteiger partial charge on any atom is 0.335 e. The number of carboxylic acid groups (broad SMARTS) is 1. The summed E-state index contributed by atoms with van der Waals surface area (Å²) in [5.41, 5.74) is 4.27. The van der Waals surface area contributed by atoms with Gasteiger partial charge in [0.2, 0.25) is 0 Å². The highest BCUT2D eigenvalue weighted by atomic mass is 79.9. The molecule has 0 amide bonds. The standard InChI is InChI=1S/C21H20BrNO2/c22-15-7-8-17-16(10-15)18-13-5-6-14(9-13)19(18)20(23-17)11-1-3-12(4-2-11)21(24)25/h1-4,7-8,10,13-14,18-20,23H,5-6,9H2,(H,24,25)/t13-,14-,18-,19+,20-/m0/s1. The van der Waals surface area contributed by atoms with Gasteiger partial charge in [-0.3, -0.25) is 0 Å². The highest BCUT2D eigenvalue weighted by Crippen LogP contribution is 2.63. The largest absolute Gasteiger partial charge is 0.478 e. The van der Waals surface area contributed by atoms with E-state index in [9.17, 15) is 4.79 Å². The van der Waals surface area contributed by atoms with Gasteiger partial charge in [0.05, 0.1) is 11.6 Å². The Morgan fingerprint density at radius 1 is 1.08 bits per heavy atom. The topological polar surface area (TPSA) is 49.3 Å². The van der Waals surface area contributed by atoms with Crippen molar-refractivity contribution in [3.63, 3.8) is 0 Å². The lowest BCUT2D eigenvalue weighted by Crippen LogP contribution is -2.35. The maximum absolute atomic E-state index is 11.2. The Kier molecular flexibility index (Phi) is 3.46. The molecular formula is C21H20BrNO2. The Balaban J connectivity index is 1.58. The predicted octanol–water partition coefficient (Wildman–Crippen LogP) is 5.44. The molecule has 2 bridgehead atoms. The normalized spacial score (nSPS) is 32.0. The van der Waals surface area contributed by atoms with Gasteiger partial charge in [0.15, 0.2) is 0 Å². The molecule has 5 rings (SSSR count). The fourth-order valence-electron chi connectivity index (χ4n) is 5.62. The smallest absolute Gasteiger partial charge is 0.335 e. The highest BCUT2D eigenvalue weighted by Gasteiger charge is 2.53. The predicted molar refractivity (Wildman–Crippen MR) is 101 cm³/mol. The van der Waals surface area contributed by atoms with Gasteiger partial charge in [-0.2, -0.15) is 0 Å². The van der Waals surface area contributed by atoms with Crippen LogP contribution in [0.5, 0.6) is 0 Å². The van der Waals surface area contributed by atoms with Gasteiger partial charge in [0, 0.05) is 10.2 Å². The first-order valence-electron chi connectivity index (χ1n) is 9.01. The van der Waals surface area contributed by atoms with Crippen LogP contribution in [-0.4, -0.2) is 11.1 Å². The summed E-state index contributed by atoms with van der Waals surface area (Å²) in [6, 6.07) is 14.3. The van der Waals surface area contributed by atoms with Gasteiger partial charge in [-0.25, -0.2) is 4.79 Å². The van der Waals surface area contributed by atoms with Crippen molar-refractivity contribution < 1.29 is 9.90 Å². The second kappa shape index (κ2) is 5.60. The molecule has 128 valence electrons. The average Bonchev–Trinajstić information content (AvgIpc) is 3.23. The van der Waals surface area contributed by atoms with Crippen molar-refractivity contribution in [3.05, 3.63) is 63.6 Å². The van der Waals surface area contributed by atoms with E-state index in [4.69, 9.17) is 5.11 Å². The molecule has 1 heterocycles. The average molecular weight is 398 g/mol. The number of hydrogen-bond acceptors (Lipinski definition) is 2. The molecule has 4 heteroatoms. The third-order valence-corrected chi connectivity index (χ3v) is 7.06. The Hall–Kier alpha value is -1.81. The third-order valence-electron chi connectivity index (χ3n) is 6.57. The molecule has 2 aromatic rings. The number of benzene rings is 2. The van der Waals surface area contributed by atoms with Crippen molar-refractivity contribution in [2.24, 2.45) is 17.8 Å². The lowest BCUT2D eigenvalue weighted by Gasteiger charge is -2.43. The Bertz CT molecular complexity index is 847. The van der Waals surface area contributed by atoms with E-state index in [2.05, 4.69) is 39.4 Å². The van der Waals surface area contributed by atoms with Gasteiger partial charge >= 0.3 is 5.97 Å². The van der Waals surface area contributed by atoms with Crippen LogP contribution in [0.1, 0.15) is 52.7 Å². The molecule has 1 aliphatic heterocycles. The second-order valence-corrected chi connectivity index (χ2v) is 8.63. The summed E-state index contributed by atoms with van der Waals surface area (Å²) in [5.74, 6) is 1.94. The molecule has 25 heavy (non-hydrogen) atoms. The zero-order chi connectivity index (χ0) is 17.1. The number of rotatable bonds is 2. The van der Waals surface area contributed by atoms with Crippen LogP contribution in [0.15, 0.2) is 46.9 Å². The van der Waals surface area contributed by atoms with Crippen molar-refractivity contribution in [1.29, 1.82) is 0 Å². The van der Waals surface area contributed by atoms with Crippen molar-refractivity contribution in [1.82, 2.24) is 0 Å². The van der Waals surface area contributed by atoms with Gasteiger partial charge in [-0.05, 0) is 84.4 Å². The first kappa shape index (κ1) is 15.4. The Morgan fingerprint density at radius 2 is 1.84 bits per heavy atom. The molecule has 0 aromatic heterocycles. The quantitative estimate of drug-likeness (QED) is 0.708. The molecule has 2 aliphatic carbocycles. The zero-order valence-electron chi connectivity index (χ0n) is 13.8. The van der Waals surface area contributed by atoms with E-state index >= 15 is 0 Å². The maximum atomic E-state index is 11.2. The molecule has 2 N–H and O–H groups in total. The number of halogens is 1. The van der Waals surface area contributed by atoms with Crippen molar-refractivity contribution >= 4 is 27.6 Å². The van der Waals surface area contributed by atoms with Crippen LogP contribution in [0.4, 0.5) is 5.69 Å². The van der Waals surface area contributed by atoms with Crippen molar-refractivity contribution in [2.45, 2.75) is 31.2 Å². The number of anilines is 1. The van der Waals surface area contributed by atoms with Crippen LogP contribution in [0.25, 0.3) is 0 Å². The summed E-state index contributed by atoms with van der Waals surface area (Å²) in [6.07, 6.45) is 4.02. The van der Waals surface area contributed by atoms with E-state index in [1.165, 1.54) is 36.1 Å². The van der Waals surface area contributed by atoms with Crippen LogP contribution < -0.4 is 5.32 Å².